The number of aliphatic hydroxyl groups excluding tert-OH is 1. The molecule has 0 atom stereocenters. The highest BCUT2D eigenvalue weighted by molar-refractivity contribution is 4.46. The number of aliphatic hydroxyl groups is 1. The minimum absolute atomic E-state index is 0. The molecule has 0 spiro atoms. The molecule has 0 amide bonds. The first kappa shape index (κ1) is 20.5. The summed E-state index contributed by atoms with van der Waals surface area (Å²) in [6.45, 7) is 8.26. The summed E-state index contributed by atoms with van der Waals surface area (Å²) in [6, 6.07) is 0. The van der Waals surface area contributed by atoms with E-state index in [1.54, 1.807) is 0 Å². The van der Waals surface area contributed by atoms with Crippen molar-refractivity contribution in [2.75, 3.05) is 33.3 Å². The van der Waals surface area contributed by atoms with E-state index >= 15 is 0 Å². The fourth-order valence-electron chi connectivity index (χ4n) is 2.42. The highest BCUT2D eigenvalue weighted by atomic mass is 35.5. The summed E-state index contributed by atoms with van der Waals surface area (Å²) in [7, 11) is 2.31. The number of likely N-dealkylation sites (N-methyl/N-ethyl adjacent to an activating group) is 1. The molecular formula is C15H34ClNO. The molecule has 0 aromatic heterocycles. The van der Waals surface area contributed by atoms with Gasteiger partial charge in [0.05, 0.1) is 26.7 Å². The van der Waals surface area contributed by atoms with Crippen molar-refractivity contribution in [2.24, 2.45) is 0 Å². The summed E-state index contributed by atoms with van der Waals surface area (Å²) in [5, 5.41) is 9.19. The number of hydrogen-bond acceptors (Lipinski definition) is 1. The topological polar surface area (TPSA) is 20.2 Å². The van der Waals surface area contributed by atoms with Crippen molar-refractivity contribution >= 4 is 0 Å². The molecule has 2 nitrogen and oxygen atoms in total. The van der Waals surface area contributed by atoms with Crippen LogP contribution in [0.2, 0.25) is 0 Å². The maximum Gasteiger partial charge on any atom is 0.102 e. The van der Waals surface area contributed by atoms with Crippen molar-refractivity contribution in [3.63, 3.8) is 0 Å². The van der Waals surface area contributed by atoms with Gasteiger partial charge in [0.1, 0.15) is 6.54 Å². The zero-order valence-electron chi connectivity index (χ0n) is 12.8. The molecule has 0 aliphatic carbocycles. The van der Waals surface area contributed by atoms with Crippen LogP contribution >= 0.6 is 0 Å². The number of nitrogens with zero attached hydrogens (tertiary/aromatic N) is 1. The largest absolute Gasteiger partial charge is 1.00 e. The third-order valence-electron chi connectivity index (χ3n) is 3.74. The van der Waals surface area contributed by atoms with Gasteiger partial charge in [0, 0.05) is 0 Å². The predicted octanol–water partition coefficient (Wildman–Crippen LogP) is 0.590. The molecule has 0 rings (SSSR count). The summed E-state index contributed by atoms with van der Waals surface area (Å²) in [4.78, 5) is 0. The fraction of sp³-hybridized carbons (Fsp3) is 1.00. The highest BCUT2D eigenvalue weighted by Gasteiger charge is 2.19. The van der Waals surface area contributed by atoms with E-state index in [0.29, 0.717) is 6.61 Å². The van der Waals surface area contributed by atoms with Gasteiger partial charge in [-0.2, -0.15) is 0 Å². The average molecular weight is 280 g/mol. The van der Waals surface area contributed by atoms with Crippen LogP contribution in [0.25, 0.3) is 0 Å². The Morgan fingerprint density at radius 2 is 1.17 bits per heavy atom. The highest BCUT2D eigenvalue weighted by Crippen LogP contribution is 2.11. The van der Waals surface area contributed by atoms with E-state index in [9.17, 15) is 5.11 Å². The van der Waals surface area contributed by atoms with Crippen LogP contribution in [0.3, 0.4) is 0 Å². The Morgan fingerprint density at radius 3 is 1.50 bits per heavy atom. The van der Waals surface area contributed by atoms with Crippen molar-refractivity contribution < 1.29 is 22.0 Å². The smallest absolute Gasteiger partial charge is 0.102 e. The molecule has 0 unspecified atom stereocenters. The molecule has 0 fully saturated rings. The van der Waals surface area contributed by atoms with Crippen LogP contribution in [0, 0.1) is 0 Å². The summed E-state index contributed by atoms with van der Waals surface area (Å²) < 4.78 is 1.07. The second-order valence-electron chi connectivity index (χ2n) is 5.64. The first-order chi connectivity index (χ1) is 8.18. The van der Waals surface area contributed by atoms with Gasteiger partial charge in [-0.15, -0.1) is 0 Å². The average Bonchev–Trinajstić information content (AvgIpc) is 2.31. The molecule has 0 radical (unpaired) electrons. The third kappa shape index (κ3) is 11.3. The van der Waals surface area contributed by atoms with Crippen molar-refractivity contribution in [1.82, 2.24) is 0 Å². The molecule has 0 saturated heterocycles. The van der Waals surface area contributed by atoms with Gasteiger partial charge >= 0.3 is 0 Å². The molecule has 3 heteroatoms. The van der Waals surface area contributed by atoms with Crippen molar-refractivity contribution in [3.8, 4) is 0 Å². The lowest BCUT2D eigenvalue weighted by atomic mass is 10.1. The van der Waals surface area contributed by atoms with Crippen molar-refractivity contribution in [1.29, 1.82) is 0 Å². The quantitative estimate of drug-likeness (QED) is 0.410. The Hall–Kier alpha value is 0.210. The molecule has 0 bridgehead atoms. The predicted molar refractivity (Wildman–Crippen MR) is 76.2 cm³/mol. The lowest BCUT2D eigenvalue weighted by Gasteiger charge is -2.34. The molecule has 1 N–H and O–H groups in total. The normalized spacial score (nSPS) is 11.3. The molecule has 0 aromatic carbocycles. The first-order valence-corrected chi connectivity index (χ1v) is 7.63. The Labute approximate surface area is 121 Å². The first-order valence-electron chi connectivity index (χ1n) is 7.63. The van der Waals surface area contributed by atoms with E-state index in [0.717, 1.165) is 11.0 Å². The van der Waals surface area contributed by atoms with E-state index in [-0.39, 0.29) is 12.4 Å². The maximum absolute atomic E-state index is 9.19. The SMILES string of the molecule is CCCCCC[N+](C)(CCO)CCCCCC.[Cl-]. The summed E-state index contributed by atoms with van der Waals surface area (Å²) in [6.07, 6.45) is 10.7. The molecule has 0 saturated carbocycles. The van der Waals surface area contributed by atoms with Crippen LogP contribution in [0.1, 0.15) is 65.2 Å². The lowest BCUT2D eigenvalue weighted by Crippen LogP contribution is -3.00. The van der Waals surface area contributed by atoms with Gasteiger partial charge < -0.3 is 22.0 Å². The Morgan fingerprint density at radius 1 is 0.722 bits per heavy atom. The number of halogens is 1. The van der Waals surface area contributed by atoms with Gasteiger partial charge in [0.15, 0.2) is 0 Å². The van der Waals surface area contributed by atoms with Crippen molar-refractivity contribution in [2.45, 2.75) is 65.2 Å². The van der Waals surface area contributed by atoms with Crippen LogP contribution in [-0.4, -0.2) is 42.9 Å². The monoisotopic (exact) mass is 279 g/mol. The third-order valence-corrected chi connectivity index (χ3v) is 3.74. The van der Waals surface area contributed by atoms with E-state index in [1.807, 2.05) is 0 Å². The molecule has 0 aliphatic heterocycles. The maximum atomic E-state index is 9.19. The van der Waals surface area contributed by atoms with Gasteiger partial charge in [-0.1, -0.05) is 39.5 Å². The molecule has 0 aromatic rings. The van der Waals surface area contributed by atoms with Gasteiger partial charge in [-0.05, 0) is 25.7 Å². The number of rotatable bonds is 12. The van der Waals surface area contributed by atoms with Crippen LogP contribution < -0.4 is 12.4 Å². The molecule has 112 valence electrons. The standard InChI is InChI=1S/C15H34NO.ClH/c1-4-6-8-10-12-16(3,14-15-17)13-11-9-7-5-2;/h17H,4-15H2,1-3H3;1H/q+1;/p-1. The van der Waals surface area contributed by atoms with Crippen LogP contribution in [-0.2, 0) is 0 Å². The summed E-state index contributed by atoms with van der Waals surface area (Å²) in [5.74, 6) is 0. The fourth-order valence-corrected chi connectivity index (χ4v) is 2.42. The van der Waals surface area contributed by atoms with Gasteiger partial charge in [0.25, 0.3) is 0 Å². The second-order valence-corrected chi connectivity index (χ2v) is 5.64. The van der Waals surface area contributed by atoms with Gasteiger partial charge in [-0.3, -0.25) is 0 Å². The van der Waals surface area contributed by atoms with Gasteiger partial charge in [0.2, 0.25) is 0 Å². The van der Waals surface area contributed by atoms with E-state index < -0.39 is 0 Å². The van der Waals surface area contributed by atoms with E-state index in [2.05, 4.69) is 20.9 Å². The minimum Gasteiger partial charge on any atom is -1.00 e. The van der Waals surface area contributed by atoms with Crippen LogP contribution in [0.15, 0.2) is 0 Å². The van der Waals surface area contributed by atoms with E-state index in [1.165, 1.54) is 64.5 Å². The van der Waals surface area contributed by atoms with Crippen molar-refractivity contribution in [3.05, 3.63) is 0 Å². The Bertz CT molecular complexity index is 153. The number of unbranched alkanes of at least 4 members (excludes halogenated alkanes) is 6. The lowest BCUT2D eigenvalue weighted by molar-refractivity contribution is -0.910. The zero-order chi connectivity index (χ0) is 13.0. The van der Waals surface area contributed by atoms with Gasteiger partial charge in [-0.25, -0.2) is 0 Å². The minimum atomic E-state index is 0. The number of hydrogen-bond donors (Lipinski definition) is 1. The Kier molecular flexibility index (Phi) is 15.6. The molecule has 0 aliphatic rings. The van der Waals surface area contributed by atoms with E-state index in [4.69, 9.17) is 0 Å². The van der Waals surface area contributed by atoms with Crippen LogP contribution in [0.4, 0.5) is 0 Å². The van der Waals surface area contributed by atoms with Crippen LogP contribution in [0.5, 0.6) is 0 Å². The molecule has 18 heavy (non-hydrogen) atoms. The summed E-state index contributed by atoms with van der Waals surface area (Å²) >= 11 is 0. The second kappa shape index (κ2) is 13.6. The number of quaternary nitrogens is 1. The summed E-state index contributed by atoms with van der Waals surface area (Å²) in [5.41, 5.74) is 0. The molecule has 0 heterocycles. The molecular weight excluding hydrogens is 246 g/mol. The zero-order valence-corrected chi connectivity index (χ0v) is 13.5. The Balaban J connectivity index is 0.